The molecule has 0 radical (unpaired) electrons. The maximum Gasteiger partial charge on any atom is 0.313 e. The summed E-state index contributed by atoms with van der Waals surface area (Å²) in [7, 11) is 0. The molecule has 0 heterocycles. The van der Waals surface area contributed by atoms with Crippen molar-refractivity contribution in [1.29, 1.82) is 0 Å². The highest BCUT2D eigenvalue weighted by atomic mass is 19.1. The molecule has 4 heteroatoms. The van der Waals surface area contributed by atoms with Crippen LogP contribution in [0.5, 0.6) is 5.75 Å². The number of benzene rings is 1. The summed E-state index contributed by atoms with van der Waals surface area (Å²) in [5, 5.41) is 18.0. The first-order valence-electron chi connectivity index (χ1n) is 4.08. The van der Waals surface area contributed by atoms with E-state index in [1.807, 2.05) is 0 Å². The second-order valence-electron chi connectivity index (χ2n) is 3.60. The van der Waals surface area contributed by atoms with Crippen LogP contribution in [0.1, 0.15) is 19.4 Å². The maximum absolute atomic E-state index is 12.7. The van der Waals surface area contributed by atoms with Crippen molar-refractivity contribution in [3.05, 3.63) is 29.6 Å². The Morgan fingerprint density at radius 2 is 2.00 bits per heavy atom. The SMILES string of the molecule is CC(C)(C(=O)O)c1ccc(F)c(O)c1. The molecule has 0 aliphatic carbocycles. The van der Waals surface area contributed by atoms with Gasteiger partial charge in [0.05, 0.1) is 5.41 Å². The van der Waals surface area contributed by atoms with Gasteiger partial charge in [0.25, 0.3) is 0 Å². The lowest BCUT2D eigenvalue weighted by molar-refractivity contribution is -0.142. The molecule has 0 unspecified atom stereocenters. The van der Waals surface area contributed by atoms with E-state index in [1.54, 1.807) is 0 Å². The summed E-state index contributed by atoms with van der Waals surface area (Å²) in [4.78, 5) is 10.8. The van der Waals surface area contributed by atoms with Crippen LogP contribution in [0, 0.1) is 5.82 Å². The van der Waals surface area contributed by atoms with E-state index in [0.29, 0.717) is 5.56 Å². The average Bonchev–Trinajstić information content (AvgIpc) is 2.09. The lowest BCUT2D eigenvalue weighted by atomic mass is 9.85. The number of aromatic hydroxyl groups is 1. The molecule has 76 valence electrons. The minimum absolute atomic E-state index is 0.365. The average molecular weight is 198 g/mol. The first kappa shape index (κ1) is 10.5. The summed E-state index contributed by atoms with van der Waals surface area (Å²) in [5.74, 6) is -2.31. The van der Waals surface area contributed by atoms with Gasteiger partial charge in [0, 0.05) is 0 Å². The Bertz CT molecular complexity index is 372. The molecule has 2 N–H and O–H groups in total. The van der Waals surface area contributed by atoms with Gasteiger partial charge in [-0.3, -0.25) is 4.79 Å². The van der Waals surface area contributed by atoms with Crippen LogP contribution in [-0.2, 0) is 10.2 Å². The van der Waals surface area contributed by atoms with Gasteiger partial charge in [-0.1, -0.05) is 6.07 Å². The van der Waals surface area contributed by atoms with E-state index >= 15 is 0 Å². The van der Waals surface area contributed by atoms with E-state index in [1.165, 1.54) is 19.9 Å². The van der Waals surface area contributed by atoms with Crippen molar-refractivity contribution in [1.82, 2.24) is 0 Å². The molecular formula is C10H11FO3. The van der Waals surface area contributed by atoms with Crippen molar-refractivity contribution in [2.24, 2.45) is 0 Å². The number of carbonyl (C=O) groups is 1. The molecule has 1 aromatic carbocycles. The molecule has 1 aromatic rings. The normalized spacial score (nSPS) is 11.4. The zero-order chi connectivity index (χ0) is 10.9. The van der Waals surface area contributed by atoms with Crippen molar-refractivity contribution in [3.8, 4) is 5.75 Å². The molecular weight excluding hydrogens is 187 g/mol. The highest BCUT2D eigenvalue weighted by molar-refractivity contribution is 5.80. The molecule has 0 fully saturated rings. The van der Waals surface area contributed by atoms with Crippen molar-refractivity contribution < 1.29 is 19.4 Å². The summed E-state index contributed by atoms with van der Waals surface area (Å²) < 4.78 is 12.7. The Balaban J connectivity index is 3.21. The van der Waals surface area contributed by atoms with Gasteiger partial charge in [-0.15, -0.1) is 0 Å². The molecule has 0 saturated carbocycles. The van der Waals surface area contributed by atoms with E-state index in [0.717, 1.165) is 12.1 Å². The Hall–Kier alpha value is -1.58. The number of phenols is 1. The molecule has 0 aromatic heterocycles. The minimum Gasteiger partial charge on any atom is -0.505 e. The molecule has 0 bridgehead atoms. The highest BCUT2D eigenvalue weighted by Gasteiger charge is 2.29. The van der Waals surface area contributed by atoms with Gasteiger partial charge in [0.2, 0.25) is 0 Å². The fourth-order valence-corrected chi connectivity index (χ4v) is 1.02. The highest BCUT2D eigenvalue weighted by Crippen LogP contribution is 2.27. The molecule has 0 aliphatic rings. The van der Waals surface area contributed by atoms with Crippen molar-refractivity contribution >= 4 is 5.97 Å². The van der Waals surface area contributed by atoms with Crippen LogP contribution < -0.4 is 0 Å². The topological polar surface area (TPSA) is 57.5 Å². The Labute approximate surface area is 80.8 Å². The van der Waals surface area contributed by atoms with Gasteiger partial charge in [0.1, 0.15) is 0 Å². The van der Waals surface area contributed by atoms with Gasteiger partial charge in [-0.2, -0.15) is 0 Å². The number of hydrogen-bond donors (Lipinski definition) is 2. The molecule has 14 heavy (non-hydrogen) atoms. The third kappa shape index (κ3) is 1.69. The second kappa shape index (κ2) is 3.29. The zero-order valence-electron chi connectivity index (χ0n) is 7.91. The molecule has 3 nitrogen and oxygen atoms in total. The van der Waals surface area contributed by atoms with Gasteiger partial charge in [-0.05, 0) is 31.5 Å². The van der Waals surface area contributed by atoms with Gasteiger partial charge in [0.15, 0.2) is 11.6 Å². The van der Waals surface area contributed by atoms with Crippen molar-refractivity contribution in [3.63, 3.8) is 0 Å². The maximum atomic E-state index is 12.7. The first-order valence-corrected chi connectivity index (χ1v) is 4.08. The molecule has 1 rings (SSSR count). The molecule has 0 amide bonds. The second-order valence-corrected chi connectivity index (χ2v) is 3.60. The summed E-state index contributed by atoms with van der Waals surface area (Å²) in [6.07, 6.45) is 0. The largest absolute Gasteiger partial charge is 0.505 e. The number of halogens is 1. The van der Waals surface area contributed by atoms with Gasteiger partial charge >= 0.3 is 5.97 Å². The Morgan fingerprint density at radius 3 is 2.43 bits per heavy atom. The number of hydrogen-bond acceptors (Lipinski definition) is 2. The van der Waals surface area contributed by atoms with Crippen LogP contribution in [0.3, 0.4) is 0 Å². The van der Waals surface area contributed by atoms with E-state index in [-0.39, 0.29) is 0 Å². The van der Waals surface area contributed by atoms with E-state index < -0.39 is 23.0 Å². The van der Waals surface area contributed by atoms with Gasteiger partial charge in [-0.25, -0.2) is 4.39 Å². The third-order valence-corrected chi connectivity index (χ3v) is 2.20. The number of carboxylic acid groups (broad SMARTS) is 1. The van der Waals surface area contributed by atoms with E-state index in [4.69, 9.17) is 10.2 Å². The predicted molar refractivity (Wildman–Crippen MR) is 48.7 cm³/mol. The quantitative estimate of drug-likeness (QED) is 0.762. The first-order chi connectivity index (χ1) is 6.35. The third-order valence-electron chi connectivity index (χ3n) is 2.20. The van der Waals surface area contributed by atoms with Crippen LogP contribution in [0.4, 0.5) is 4.39 Å². The van der Waals surface area contributed by atoms with Gasteiger partial charge < -0.3 is 10.2 Å². The number of carboxylic acids is 1. The molecule has 0 saturated heterocycles. The van der Waals surface area contributed by atoms with E-state index in [9.17, 15) is 9.18 Å². The predicted octanol–water partition coefficient (Wildman–Crippen LogP) is 1.89. The summed E-state index contributed by atoms with van der Waals surface area (Å²) >= 11 is 0. The fourth-order valence-electron chi connectivity index (χ4n) is 1.02. The van der Waals surface area contributed by atoms with Crippen LogP contribution in [0.25, 0.3) is 0 Å². The number of rotatable bonds is 2. The van der Waals surface area contributed by atoms with Crippen LogP contribution in [0.15, 0.2) is 18.2 Å². The smallest absolute Gasteiger partial charge is 0.313 e. The summed E-state index contributed by atoms with van der Waals surface area (Å²) in [6, 6.07) is 3.53. The molecule has 0 atom stereocenters. The van der Waals surface area contributed by atoms with Crippen LogP contribution >= 0.6 is 0 Å². The minimum atomic E-state index is -1.13. The lowest BCUT2D eigenvalue weighted by Gasteiger charge is -2.19. The Kier molecular flexibility index (Phi) is 2.47. The van der Waals surface area contributed by atoms with Crippen molar-refractivity contribution in [2.75, 3.05) is 0 Å². The fraction of sp³-hybridized carbons (Fsp3) is 0.300. The monoisotopic (exact) mass is 198 g/mol. The summed E-state index contributed by atoms with van der Waals surface area (Å²) in [5.41, 5.74) is -0.769. The molecule has 0 spiro atoms. The lowest BCUT2D eigenvalue weighted by Crippen LogP contribution is -2.28. The standard InChI is InChI=1S/C10H11FO3/c1-10(2,9(13)14)6-3-4-7(11)8(12)5-6/h3-5,12H,1-2H3,(H,13,14). The van der Waals surface area contributed by atoms with Crippen molar-refractivity contribution in [2.45, 2.75) is 19.3 Å². The summed E-state index contributed by atoms with van der Waals surface area (Å²) in [6.45, 7) is 2.98. The number of aliphatic carboxylic acids is 1. The molecule has 0 aliphatic heterocycles. The van der Waals surface area contributed by atoms with E-state index in [2.05, 4.69) is 0 Å². The number of phenolic OH excluding ortho intramolecular Hbond substituents is 1. The zero-order valence-corrected chi connectivity index (χ0v) is 7.91. The Morgan fingerprint density at radius 1 is 1.43 bits per heavy atom. The van der Waals surface area contributed by atoms with Crippen LogP contribution in [0.2, 0.25) is 0 Å². The van der Waals surface area contributed by atoms with Crippen LogP contribution in [-0.4, -0.2) is 16.2 Å².